The minimum atomic E-state index is -4.72. The van der Waals surface area contributed by atoms with Crippen molar-refractivity contribution in [2.75, 3.05) is 6.26 Å². The summed E-state index contributed by atoms with van der Waals surface area (Å²) in [5.41, 5.74) is 5.86. The van der Waals surface area contributed by atoms with Gasteiger partial charge in [-0.15, -0.1) is 5.73 Å². The molecule has 5 nitrogen and oxygen atoms in total. The van der Waals surface area contributed by atoms with Crippen LogP contribution < -0.4 is 9.46 Å². The standard InChI is InChI=1S/C34H26Cl2F3N3O2S/c1-3-42-20-31(28-6-4-5-24(35)18-30(28)36)40-32(42)17-21-7-9-22(10-8-21)23-11-13-25(14-12-23)44-26-15-16-27(33(43)41-45-2)29(19-26)34(37,38)39/h4,6-16,18-20H,3,17H2,1-2H3,(H,41,43). The van der Waals surface area contributed by atoms with E-state index in [0.717, 1.165) is 64.4 Å². The average molecular weight is 669 g/mol. The fourth-order valence-electron chi connectivity index (χ4n) is 4.74. The molecule has 1 heterocycles. The van der Waals surface area contributed by atoms with Crippen LogP contribution in [0.2, 0.25) is 0 Å². The number of halogens is 5. The Balaban J connectivity index is 1.28. The van der Waals surface area contributed by atoms with Gasteiger partial charge in [0.2, 0.25) is 0 Å². The van der Waals surface area contributed by atoms with Crippen LogP contribution in [0.1, 0.15) is 39.9 Å². The van der Waals surface area contributed by atoms with Crippen LogP contribution >= 0.6 is 35.1 Å². The third kappa shape index (κ3) is 7.75. The molecule has 0 spiro atoms. The molecule has 0 bridgehead atoms. The van der Waals surface area contributed by atoms with Gasteiger partial charge in [-0.2, -0.15) is 13.2 Å². The lowest BCUT2D eigenvalue weighted by molar-refractivity contribution is -0.138. The topological polar surface area (TPSA) is 56.2 Å². The van der Waals surface area contributed by atoms with Crippen molar-refractivity contribution in [2.45, 2.75) is 26.1 Å². The van der Waals surface area contributed by atoms with Crippen molar-refractivity contribution in [1.29, 1.82) is 0 Å². The number of aromatic nitrogens is 2. The van der Waals surface area contributed by atoms with Gasteiger partial charge >= 0.3 is 6.18 Å². The Morgan fingerprint density at radius 3 is 2.33 bits per heavy atom. The summed E-state index contributed by atoms with van der Waals surface area (Å²) in [5.74, 6) is 0.401. The molecule has 230 valence electrons. The molecule has 0 aliphatic heterocycles. The highest BCUT2D eigenvalue weighted by Crippen LogP contribution is 2.36. The number of benzene rings is 3. The molecule has 0 fully saturated rings. The van der Waals surface area contributed by atoms with E-state index >= 15 is 0 Å². The maximum atomic E-state index is 13.7. The predicted molar refractivity (Wildman–Crippen MR) is 174 cm³/mol. The van der Waals surface area contributed by atoms with Gasteiger partial charge < -0.3 is 9.30 Å². The maximum absolute atomic E-state index is 13.7. The lowest BCUT2D eigenvalue weighted by Crippen LogP contribution is -2.20. The number of carbonyl (C=O) groups excluding carboxylic acids is 1. The third-order valence-electron chi connectivity index (χ3n) is 6.93. The Kier molecular flexibility index (Phi) is 9.95. The summed E-state index contributed by atoms with van der Waals surface area (Å²) in [6.07, 6.45) is 4.64. The molecule has 11 heteroatoms. The molecule has 0 atom stereocenters. The molecule has 4 aromatic rings. The highest BCUT2D eigenvalue weighted by molar-refractivity contribution is 7.97. The maximum Gasteiger partial charge on any atom is 0.417 e. The van der Waals surface area contributed by atoms with Crippen molar-refractivity contribution >= 4 is 46.6 Å². The molecule has 0 radical (unpaired) electrons. The highest BCUT2D eigenvalue weighted by atomic mass is 35.5. The van der Waals surface area contributed by atoms with Crippen molar-refractivity contribution in [1.82, 2.24) is 14.3 Å². The zero-order valence-corrected chi connectivity index (χ0v) is 26.4. The number of nitrogens with one attached hydrogen (secondary N) is 1. The fraction of sp³-hybridized carbons (Fsp3) is 0.147. The average Bonchev–Trinajstić information content (AvgIpc) is 3.33. The summed E-state index contributed by atoms with van der Waals surface area (Å²) >= 11 is 13.5. The molecule has 0 saturated heterocycles. The molecule has 1 aliphatic rings. The van der Waals surface area contributed by atoms with E-state index in [0.29, 0.717) is 22.2 Å². The quantitative estimate of drug-likeness (QED) is 0.143. The molecule has 5 rings (SSSR count). The largest absolute Gasteiger partial charge is 0.457 e. The van der Waals surface area contributed by atoms with Crippen molar-refractivity contribution in [3.05, 3.63) is 135 Å². The van der Waals surface area contributed by atoms with Crippen LogP contribution in [0.4, 0.5) is 13.2 Å². The Hall–Kier alpha value is -4.14. The highest BCUT2D eigenvalue weighted by Gasteiger charge is 2.36. The summed E-state index contributed by atoms with van der Waals surface area (Å²) in [4.78, 5) is 16.9. The van der Waals surface area contributed by atoms with Crippen molar-refractivity contribution in [2.24, 2.45) is 0 Å². The zero-order chi connectivity index (χ0) is 32.1. The number of nitrogens with zero attached hydrogens (tertiary/aromatic N) is 2. The van der Waals surface area contributed by atoms with Gasteiger partial charge in [-0.25, -0.2) is 4.98 Å². The van der Waals surface area contributed by atoms with Crippen LogP contribution in [0.3, 0.4) is 0 Å². The Morgan fingerprint density at radius 2 is 1.69 bits per heavy atom. The second-order valence-electron chi connectivity index (χ2n) is 9.90. The summed E-state index contributed by atoms with van der Waals surface area (Å²) in [6.45, 7) is 2.80. The van der Waals surface area contributed by atoms with Gasteiger partial charge in [0.25, 0.3) is 5.91 Å². The van der Waals surface area contributed by atoms with Crippen LogP contribution in [0.5, 0.6) is 11.5 Å². The smallest absolute Gasteiger partial charge is 0.417 e. The number of allylic oxidation sites excluding steroid dienone is 5. The number of hydrogen-bond donors (Lipinski definition) is 1. The van der Waals surface area contributed by atoms with E-state index in [9.17, 15) is 18.0 Å². The van der Waals surface area contributed by atoms with Gasteiger partial charge in [0.1, 0.15) is 17.3 Å². The van der Waals surface area contributed by atoms with Crippen LogP contribution in [-0.2, 0) is 19.1 Å². The van der Waals surface area contributed by atoms with Crippen molar-refractivity contribution in [3.8, 4) is 22.6 Å². The van der Waals surface area contributed by atoms with Crippen LogP contribution in [-0.4, -0.2) is 21.7 Å². The first-order chi connectivity index (χ1) is 21.5. The van der Waals surface area contributed by atoms with E-state index in [1.165, 1.54) is 6.07 Å². The first-order valence-corrected chi connectivity index (χ1v) is 15.7. The van der Waals surface area contributed by atoms with Crippen LogP contribution in [0, 0.1) is 0 Å². The lowest BCUT2D eigenvalue weighted by atomic mass is 10.0. The molecular formula is C34H26Cl2F3N3O2S. The van der Waals surface area contributed by atoms with Gasteiger partial charge in [0, 0.05) is 31.0 Å². The number of rotatable bonds is 9. The summed E-state index contributed by atoms with van der Waals surface area (Å²) < 4.78 is 51.1. The molecule has 0 saturated carbocycles. The van der Waals surface area contributed by atoms with E-state index in [2.05, 4.69) is 21.9 Å². The minimum Gasteiger partial charge on any atom is -0.457 e. The van der Waals surface area contributed by atoms with Gasteiger partial charge in [0.15, 0.2) is 0 Å². The number of hydrogen-bond acceptors (Lipinski definition) is 4. The number of alkyl halides is 3. The SMILES string of the molecule is CCn1cc(C2=CC=C=C(Cl)C=C2Cl)nc1Cc1ccc(-c2ccc(Oc3ccc(C(=O)NSC)c(C(F)(F)F)c3)cc2)cc1. The normalized spacial score (nSPS) is 13.1. The van der Waals surface area contributed by atoms with Gasteiger partial charge in [-0.1, -0.05) is 71.5 Å². The van der Waals surface area contributed by atoms with E-state index in [-0.39, 0.29) is 5.75 Å². The molecule has 1 amide bonds. The van der Waals surface area contributed by atoms with Crippen LogP contribution in [0.15, 0.2) is 107 Å². The first kappa shape index (κ1) is 32.3. The summed E-state index contributed by atoms with van der Waals surface area (Å²) in [6, 6.07) is 18.4. The molecule has 0 unspecified atom stereocenters. The number of carbonyl (C=O) groups is 1. The van der Waals surface area contributed by atoms with E-state index in [4.69, 9.17) is 32.9 Å². The number of amides is 1. The van der Waals surface area contributed by atoms with Crippen LogP contribution in [0.25, 0.3) is 16.7 Å². The van der Waals surface area contributed by atoms with E-state index in [1.54, 1.807) is 30.5 Å². The first-order valence-electron chi connectivity index (χ1n) is 13.7. The number of aryl methyl sites for hydroxylation is 1. The van der Waals surface area contributed by atoms with Crippen molar-refractivity contribution in [3.63, 3.8) is 0 Å². The third-order valence-corrected chi connectivity index (χ3v) is 7.85. The minimum absolute atomic E-state index is 0.0284. The van der Waals surface area contributed by atoms with Crippen molar-refractivity contribution < 1.29 is 22.7 Å². The lowest BCUT2D eigenvalue weighted by Gasteiger charge is -2.14. The second kappa shape index (κ2) is 13.9. The summed E-state index contributed by atoms with van der Waals surface area (Å²) in [7, 11) is 0. The molecular weight excluding hydrogens is 642 g/mol. The number of ether oxygens (including phenoxy) is 1. The molecule has 3 aromatic carbocycles. The molecule has 45 heavy (non-hydrogen) atoms. The van der Waals surface area contributed by atoms with E-state index in [1.807, 2.05) is 48.7 Å². The van der Waals surface area contributed by atoms with E-state index < -0.39 is 23.2 Å². The fourth-order valence-corrected chi connectivity index (χ4v) is 5.53. The Labute approximate surface area is 272 Å². The molecule has 1 aromatic heterocycles. The van der Waals surface area contributed by atoms with Gasteiger partial charge in [-0.3, -0.25) is 9.52 Å². The Morgan fingerprint density at radius 1 is 1.02 bits per heavy atom. The van der Waals surface area contributed by atoms with Gasteiger partial charge in [0.05, 0.1) is 26.9 Å². The predicted octanol–water partition coefficient (Wildman–Crippen LogP) is 9.78. The second-order valence-corrected chi connectivity index (χ2v) is 11.3. The monoisotopic (exact) mass is 667 g/mol. The number of imidazole rings is 1. The molecule has 1 N–H and O–H groups in total. The summed E-state index contributed by atoms with van der Waals surface area (Å²) in [5, 5.41) is 0.917. The molecule has 1 aliphatic carbocycles. The zero-order valence-electron chi connectivity index (χ0n) is 24.1. The van der Waals surface area contributed by atoms with Gasteiger partial charge in [-0.05, 0) is 72.2 Å². The Bertz CT molecular complexity index is 1850.